The Labute approximate surface area is 102 Å². The minimum atomic E-state index is 0.718. The Morgan fingerprint density at radius 1 is 1.31 bits per heavy atom. The summed E-state index contributed by atoms with van der Waals surface area (Å²) in [6, 6.07) is 5.25. The zero-order valence-electron chi connectivity index (χ0n) is 9.69. The van der Waals surface area contributed by atoms with E-state index >= 15 is 0 Å². The molecule has 1 saturated heterocycles. The summed E-state index contributed by atoms with van der Waals surface area (Å²) >= 11 is 1.94. The summed E-state index contributed by atoms with van der Waals surface area (Å²) < 4.78 is 0. The van der Waals surface area contributed by atoms with E-state index in [9.17, 15) is 0 Å². The van der Waals surface area contributed by atoms with Crippen molar-refractivity contribution in [3.63, 3.8) is 0 Å². The van der Waals surface area contributed by atoms with E-state index in [0.29, 0.717) is 0 Å². The normalized spacial score (nSPS) is 25.2. The average molecular weight is 236 g/mol. The van der Waals surface area contributed by atoms with Gasteiger partial charge < -0.3 is 5.32 Å². The third-order valence-electron chi connectivity index (χ3n) is 3.98. The lowest BCUT2D eigenvalue weighted by atomic mass is 9.78. The highest BCUT2D eigenvalue weighted by Gasteiger charge is 2.33. The quantitative estimate of drug-likeness (QED) is 0.867. The first-order chi connectivity index (χ1) is 7.95. The van der Waals surface area contributed by atoms with Crippen molar-refractivity contribution in [3.05, 3.63) is 22.4 Å². The number of thiophene rings is 1. The van der Waals surface area contributed by atoms with E-state index in [1.165, 1.54) is 32.4 Å². The molecule has 1 unspecified atom stereocenters. The fourth-order valence-electron chi connectivity index (χ4n) is 2.89. The largest absolute Gasteiger partial charge is 0.314 e. The summed E-state index contributed by atoms with van der Waals surface area (Å²) in [6.45, 7) is 4.77. The van der Waals surface area contributed by atoms with E-state index in [0.717, 1.165) is 25.0 Å². The molecule has 1 aromatic rings. The van der Waals surface area contributed by atoms with Gasteiger partial charge in [0, 0.05) is 37.1 Å². The van der Waals surface area contributed by atoms with Crippen molar-refractivity contribution >= 4 is 11.3 Å². The van der Waals surface area contributed by atoms with Crippen molar-refractivity contribution in [2.24, 2.45) is 5.92 Å². The summed E-state index contributed by atoms with van der Waals surface area (Å²) in [6.07, 6.45) is 4.32. The summed E-state index contributed by atoms with van der Waals surface area (Å²) in [5.41, 5.74) is 0. The zero-order chi connectivity index (χ0) is 10.8. The van der Waals surface area contributed by atoms with Gasteiger partial charge in [-0.3, -0.25) is 4.90 Å². The highest BCUT2D eigenvalue weighted by molar-refractivity contribution is 7.10. The molecule has 1 aliphatic heterocycles. The van der Waals surface area contributed by atoms with Gasteiger partial charge in [0.2, 0.25) is 0 Å². The average Bonchev–Trinajstić information content (AvgIpc) is 2.77. The monoisotopic (exact) mass is 236 g/mol. The molecular weight excluding hydrogens is 216 g/mol. The van der Waals surface area contributed by atoms with Crippen molar-refractivity contribution in [2.45, 2.75) is 25.3 Å². The standard InChI is InChI=1S/C13H20N2S/c1-3-11(4-1)13(12-5-2-10-16-12)15-8-6-14-7-9-15/h2,5,10-11,13-14H,1,3-4,6-9H2. The van der Waals surface area contributed by atoms with Crippen LogP contribution in [-0.4, -0.2) is 31.1 Å². The van der Waals surface area contributed by atoms with Gasteiger partial charge in [0.05, 0.1) is 0 Å². The lowest BCUT2D eigenvalue weighted by Crippen LogP contribution is -2.47. The van der Waals surface area contributed by atoms with Gasteiger partial charge in [-0.05, 0) is 30.2 Å². The lowest BCUT2D eigenvalue weighted by Gasteiger charge is -2.42. The van der Waals surface area contributed by atoms with Gasteiger partial charge in [-0.1, -0.05) is 12.5 Å². The third-order valence-corrected chi connectivity index (χ3v) is 4.92. The second-order valence-electron chi connectivity index (χ2n) is 4.94. The Bertz CT molecular complexity index is 313. The summed E-state index contributed by atoms with van der Waals surface area (Å²) in [4.78, 5) is 4.29. The van der Waals surface area contributed by atoms with Crippen LogP contribution in [0.3, 0.4) is 0 Å². The minimum absolute atomic E-state index is 0.718. The Morgan fingerprint density at radius 3 is 2.69 bits per heavy atom. The zero-order valence-corrected chi connectivity index (χ0v) is 10.5. The maximum atomic E-state index is 3.45. The molecule has 2 heterocycles. The highest BCUT2D eigenvalue weighted by Crippen LogP contribution is 2.42. The van der Waals surface area contributed by atoms with Crippen LogP contribution in [0.1, 0.15) is 30.2 Å². The molecule has 0 radical (unpaired) electrons. The molecule has 0 aromatic carbocycles. The molecule has 0 spiro atoms. The molecule has 2 nitrogen and oxygen atoms in total. The van der Waals surface area contributed by atoms with Gasteiger partial charge in [-0.15, -0.1) is 11.3 Å². The molecule has 3 rings (SSSR count). The van der Waals surface area contributed by atoms with Crippen LogP contribution in [0.5, 0.6) is 0 Å². The van der Waals surface area contributed by atoms with Crippen LogP contribution in [0.25, 0.3) is 0 Å². The first-order valence-electron chi connectivity index (χ1n) is 6.43. The van der Waals surface area contributed by atoms with Crippen molar-refractivity contribution < 1.29 is 0 Å². The van der Waals surface area contributed by atoms with Crippen LogP contribution < -0.4 is 5.32 Å². The molecule has 1 aliphatic carbocycles. The summed E-state index contributed by atoms with van der Waals surface area (Å²) in [5, 5.41) is 5.68. The van der Waals surface area contributed by atoms with Gasteiger partial charge in [0.15, 0.2) is 0 Å². The molecule has 1 atom stereocenters. The molecule has 2 fully saturated rings. The SMILES string of the molecule is c1csc(C(C2CCC2)N2CCNCC2)c1. The number of nitrogens with one attached hydrogen (secondary N) is 1. The van der Waals surface area contributed by atoms with Gasteiger partial charge in [0.1, 0.15) is 0 Å². The number of piperazine rings is 1. The van der Waals surface area contributed by atoms with Crippen LogP contribution in [0.15, 0.2) is 17.5 Å². The number of rotatable bonds is 3. The Hall–Kier alpha value is -0.380. The predicted octanol–water partition coefficient (Wildman–Crippen LogP) is 2.49. The van der Waals surface area contributed by atoms with Crippen molar-refractivity contribution in [1.29, 1.82) is 0 Å². The fourth-order valence-corrected chi connectivity index (χ4v) is 3.84. The number of hydrogen-bond donors (Lipinski definition) is 1. The predicted molar refractivity (Wildman–Crippen MR) is 68.8 cm³/mol. The molecule has 16 heavy (non-hydrogen) atoms. The second-order valence-corrected chi connectivity index (χ2v) is 5.92. The van der Waals surface area contributed by atoms with E-state index in [1.54, 1.807) is 4.88 Å². The molecule has 1 N–H and O–H groups in total. The summed E-state index contributed by atoms with van der Waals surface area (Å²) in [7, 11) is 0. The molecule has 0 amide bonds. The third kappa shape index (κ3) is 2.04. The maximum Gasteiger partial charge on any atom is 0.0470 e. The maximum absolute atomic E-state index is 3.45. The van der Waals surface area contributed by atoms with E-state index in [4.69, 9.17) is 0 Å². The van der Waals surface area contributed by atoms with E-state index in [1.807, 2.05) is 11.3 Å². The van der Waals surface area contributed by atoms with Crippen LogP contribution in [-0.2, 0) is 0 Å². The number of hydrogen-bond acceptors (Lipinski definition) is 3. The van der Waals surface area contributed by atoms with Crippen LogP contribution in [0, 0.1) is 5.92 Å². The minimum Gasteiger partial charge on any atom is -0.314 e. The van der Waals surface area contributed by atoms with Gasteiger partial charge >= 0.3 is 0 Å². The first-order valence-corrected chi connectivity index (χ1v) is 7.31. The molecule has 2 aliphatic rings. The smallest absolute Gasteiger partial charge is 0.0470 e. The summed E-state index contributed by atoms with van der Waals surface area (Å²) in [5.74, 6) is 0.928. The van der Waals surface area contributed by atoms with Crippen molar-refractivity contribution in [1.82, 2.24) is 10.2 Å². The number of nitrogens with zero attached hydrogens (tertiary/aromatic N) is 1. The Balaban J connectivity index is 1.77. The molecule has 3 heteroatoms. The van der Waals surface area contributed by atoms with Crippen LogP contribution >= 0.6 is 11.3 Å². The van der Waals surface area contributed by atoms with Gasteiger partial charge in [-0.2, -0.15) is 0 Å². The Morgan fingerprint density at radius 2 is 2.12 bits per heavy atom. The van der Waals surface area contributed by atoms with Crippen LogP contribution in [0.2, 0.25) is 0 Å². The van der Waals surface area contributed by atoms with Crippen LogP contribution in [0.4, 0.5) is 0 Å². The van der Waals surface area contributed by atoms with E-state index in [-0.39, 0.29) is 0 Å². The molecular formula is C13H20N2S. The second kappa shape index (κ2) is 4.86. The highest BCUT2D eigenvalue weighted by atomic mass is 32.1. The van der Waals surface area contributed by atoms with Gasteiger partial charge in [0.25, 0.3) is 0 Å². The fraction of sp³-hybridized carbons (Fsp3) is 0.692. The molecule has 1 saturated carbocycles. The molecule has 0 bridgehead atoms. The van der Waals surface area contributed by atoms with E-state index in [2.05, 4.69) is 27.7 Å². The Kier molecular flexibility index (Phi) is 3.27. The first kappa shape index (κ1) is 10.8. The van der Waals surface area contributed by atoms with Crippen molar-refractivity contribution in [3.8, 4) is 0 Å². The van der Waals surface area contributed by atoms with Gasteiger partial charge in [-0.25, -0.2) is 0 Å². The van der Waals surface area contributed by atoms with E-state index < -0.39 is 0 Å². The molecule has 88 valence electrons. The lowest BCUT2D eigenvalue weighted by molar-refractivity contribution is 0.0861. The topological polar surface area (TPSA) is 15.3 Å². The molecule has 1 aromatic heterocycles. The van der Waals surface area contributed by atoms with Crippen molar-refractivity contribution in [2.75, 3.05) is 26.2 Å².